The molecule has 0 fully saturated rings. The number of methoxy groups -OCH3 is 1. The maximum atomic E-state index is 11.1. The second kappa shape index (κ2) is 9.34. The highest BCUT2D eigenvalue weighted by Gasteiger charge is 2.01. The maximum absolute atomic E-state index is 11.1. The van der Waals surface area contributed by atoms with Crippen LogP contribution in [0.15, 0.2) is 12.2 Å². The second-order valence-corrected chi connectivity index (χ2v) is 3.06. The summed E-state index contributed by atoms with van der Waals surface area (Å²) in [7, 11) is 1.53. The Balaban J connectivity index is 3.59. The average molecular weight is 244 g/mol. The molecule has 0 spiro atoms. The molecule has 0 saturated carbocycles. The summed E-state index contributed by atoms with van der Waals surface area (Å²) in [5.74, 6) is -1.95. The van der Waals surface area contributed by atoms with Crippen molar-refractivity contribution in [2.75, 3.05) is 26.8 Å². The lowest BCUT2D eigenvalue weighted by molar-refractivity contribution is -0.131. The molecule has 0 aliphatic heterocycles. The maximum Gasteiger partial charge on any atom is 0.328 e. The number of carbonyl (C=O) groups is 3. The van der Waals surface area contributed by atoms with E-state index in [1.165, 1.54) is 7.11 Å². The van der Waals surface area contributed by atoms with Gasteiger partial charge in [0, 0.05) is 38.8 Å². The Kier molecular flexibility index (Phi) is 8.31. The molecule has 2 amide bonds. The summed E-state index contributed by atoms with van der Waals surface area (Å²) in [6.07, 6.45) is 1.76. The molecule has 0 aromatic rings. The Hall–Kier alpha value is -1.89. The first kappa shape index (κ1) is 15.1. The molecule has 7 heteroatoms. The Morgan fingerprint density at radius 2 is 1.88 bits per heavy atom. The van der Waals surface area contributed by atoms with E-state index in [1.807, 2.05) is 0 Å². The van der Waals surface area contributed by atoms with E-state index in [0.29, 0.717) is 13.2 Å². The number of carboxylic acids is 1. The van der Waals surface area contributed by atoms with Gasteiger partial charge in [-0.2, -0.15) is 0 Å². The summed E-state index contributed by atoms with van der Waals surface area (Å²) in [4.78, 5) is 32.2. The van der Waals surface area contributed by atoms with Gasteiger partial charge in [0.1, 0.15) is 0 Å². The number of ether oxygens (including phenoxy) is 1. The van der Waals surface area contributed by atoms with E-state index in [1.54, 1.807) is 0 Å². The van der Waals surface area contributed by atoms with E-state index >= 15 is 0 Å². The molecule has 96 valence electrons. The number of nitrogens with one attached hydrogen (secondary N) is 2. The molecule has 0 saturated heterocycles. The van der Waals surface area contributed by atoms with Gasteiger partial charge in [-0.25, -0.2) is 4.79 Å². The van der Waals surface area contributed by atoms with Crippen molar-refractivity contribution in [1.82, 2.24) is 10.6 Å². The highest BCUT2D eigenvalue weighted by molar-refractivity contribution is 5.94. The minimum absolute atomic E-state index is 0.135. The lowest BCUT2D eigenvalue weighted by Gasteiger charge is -2.04. The van der Waals surface area contributed by atoms with Gasteiger partial charge in [0.25, 0.3) is 0 Å². The number of amides is 2. The molecule has 0 unspecified atom stereocenters. The molecule has 0 aliphatic rings. The van der Waals surface area contributed by atoms with Crippen LogP contribution in [-0.4, -0.2) is 49.7 Å². The Bertz CT molecular complexity index is 301. The molecular formula is C10H16N2O5. The van der Waals surface area contributed by atoms with Gasteiger partial charge in [-0.05, 0) is 0 Å². The fourth-order valence-electron chi connectivity index (χ4n) is 0.886. The van der Waals surface area contributed by atoms with Crippen LogP contribution in [0.3, 0.4) is 0 Å². The van der Waals surface area contributed by atoms with Gasteiger partial charge in [0.05, 0.1) is 6.61 Å². The predicted octanol–water partition coefficient (Wildman–Crippen LogP) is -1.10. The van der Waals surface area contributed by atoms with Crippen LogP contribution >= 0.6 is 0 Å². The van der Waals surface area contributed by atoms with E-state index in [2.05, 4.69) is 10.6 Å². The summed E-state index contributed by atoms with van der Waals surface area (Å²) >= 11 is 0. The molecule has 0 bridgehead atoms. The zero-order valence-corrected chi connectivity index (χ0v) is 9.56. The molecular weight excluding hydrogens is 228 g/mol. The predicted molar refractivity (Wildman–Crippen MR) is 59.3 cm³/mol. The van der Waals surface area contributed by atoms with E-state index in [4.69, 9.17) is 9.84 Å². The standard InChI is InChI=1S/C10H16N2O5/c1-17-7-6-12-9(14)4-5-11-8(13)2-3-10(15)16/h2-3H,4-7H2,1H3,(H,11,13)(H,12,14)(H,15,16)/b3-2+. The third-order valence-corrected chi connectivity index (χ3v) is 1.66. The van der Waals surface area contributed by atoms with Crippen molar-refractivity contribution in [2.24, 2.45) is 0 Å². The Morgan fingerprint density at radius 3 is 2.47 bits per heavy atom. The zero-order chi connectivity index (χ0) is 13.1. The van der Waals surface area contributed by atoms with Crippen molar-refractivity contribution in [1.29, 1.82) is 0 Å². The number of carboxylic acid groups (broad SMARTS) is 1. The van der Waals surface area contributed by atoms with Gasteiger partial charge in [-0.1, -0.05) is 0 Å². The first-order chi connectivity index (χ1) is 8.06. The van der Waals surface area contributed by atoms with Crippen molar-refractivity contribution >= 4 is 17.8 Å². The molecule has 0 aromatic heterocycles. The first-order valence-electron chi connectivity index (χ1n) is 5.00. The van der Waals surface area contributed by atoms with Crippen LogP contribution in [-0.2, 0) is 19.1 Å². The average Bonchev–Trinajstić information content (AvgIpc) is 2.27. The number of aliphatic carboxylic acids is 1. The SMILES string of the molecule is COCCNC(=O)CCNC(=O)/C=C/C(=O)O. The molecule has 0 rings (SSSR count). The molecule has 7 nitrogen and oxygen atoms in total. The minimum Gasteiger partial charge on any atom is -0.478 e. The van der Waals surface area contributed by atoms with Crippen molar-refractivity contribution in [3.63, 3.8) is 0 Å². The number of rotatable bonds is 8. The smallest absolute Gasteiger partial charge is 0.328 e. The largest absolute Gasteiger partial charge is 0.478 e. The van der Waals surface area contributed by atoms with Gasteiger partial charge < -0.3 is 20.5 Å². The van der Waals surface area contributed by atoms with Crippen LogP contribution in [0.1, 0.15) is 6.42 Å². The summed E-state index contributed by atoms with van der Waals surface area (Å²) in [5.41, 5.74) is 0. The normalized spacial score (nSPS) is 10.2. The summed E-state index contributed by atoms with van der Waals surface area (Å²) in [6, 6.07) is 0. The van der Waals surface area contributed by atoms with Gasteiger partial charge >= 0.3 is 5.97 Å². The van der Waals surface area contributed by atoms with Crippen molar-refractivity contribution in [3.8, 4) is 0 Å². The zero-order valence-electron chi connectivity index (χ0n) is 9.56. The molecule has 0 heterocycles. The van der Waals surface area contributed by atoms with Gasteiger partial charge in [0.2, 0.25) is 11.8 Å². The highest BCUT2D eigenvalue weighted by Crippen LogP contribution is 1.80. The fourth-order valence-corrected chi connectivity index (χ4v) is 0.886. The van der Waals surface area contributed by atoms with Gasteiger partial charge in [-0.15, -0.1) is 0 Å². The van der Waals surface area contributed by atoms with Crippen molar-refractivity contribution in [3.05, 3.63) is 12.2 Å². The number of hydrogen-bond acceptors (Lipinski definition) is 4. The molecule has 0 radical (unpaired) electrons. The Labute approximate surface area is 98.8 Å². The number of hydrogen-bond donors (Lipinski definition) is 3. The summed E-state index contributed by atoms with van der Waals surface area (Å²) in [6.45, 7) is 1.00. The lowest BCUT2D eigenvalue weighted by atomic mass is 10.3. The van der Waals surface area contributed by atoms with Gasteiger partial charge in [-0.3, -0.25) is 9.59 Å². The summed E-state index contributed by atoms with van der Waals surface area (Å²) < 4.78 is 4.74. The van der Waals surface area contributed by atoms with E-state index in [0.717, 1.165) is 12.2 Å². The topological polar surface area (TPSA) is 105 Å². The molecule has 3 N–H and O–H groups in total. The third-order valence-electron chi connectivity index (χ3n) is 1.66. The van der Waals surface area contributed by atoms with Crippen molar-refractivity contribution < 1.29 is 24.2 Å². The van der Waals surface area contributed by atoms with Gasteiger partial charge in [0.15, 0.2) is 0 Å². The quantitative estimate of drug-likeness (QED) is 0.371. The molecule has 0 aromatic carbocycles. The Morgan fingerprint density at radius 1 is 1.18 bits per heavy atom. The molecule has 0 aliphatic carbocycles. The monoisotopic (exact) mass is 244 g/mol. The molecule has 17 heavy (non-hydrogen) atoms. The number of carbonyl (C=O) groups excluding carboxylic acids is 2. The fraction of sp³-hybridized carbons (Fsp3) is 0.500. The highest BCUT2D eigenvalue weighted by atomic mass is 16.5. The first-order valence-corrected chi connectivity index (χ1v) is 5.00. The minimum atomic E-state index is -1.20. The van der Waals surface area contributed by atoms with Crippen LogP contribution in [0.5, 0.6) is 0 Å². The summed E-state index contributed by atoms with van der Waals surface area (Å²) in [5, 5.41) is 13.2. The van der Waals surface area contributed by atoms with E-state index < -0.39 is 11.9 Å². The van der Waals surface area contributed by atoms with Crippen LogP contribution in [0.2, 0.25) is 0 Å². The second-order valence-electron chi connectivity index (χ2n) is 3.06. The van der Waals surface area contributed by atoms with Crippen molar-refractivity contribution in [2.45, 2.75) is 6.42 Å². The van der Waals surface area contributed by atoms with Crippen LogP contribution in [0, 0.1) is 0 Å². The third kappa shape index (κ3) is 10.4. The van der Waals surface area contributed by atoms with E-state index in [-0.39, 0.29) is 18.9 Å². The van der Waals surface area contributed by atoms with Crippen LogP contribution in [0.4, 0.5) is 0 Å². The van der Waals surface area contributed by atoms with E-state index in [9.17, 15) is 14.4 Å². The van der Waals surface area contributed by atoms with Crippen LogP contribution < -0.4 is 10.6 Å². The lowest BCUT2D eigenvalue weighted by Crippen LogP contribution is -2.31. The molecule has 0 atom stereocenters. The van der Waals surface area contributed by atoms with Crippen LogP contribution in [0.25, 0.3) is 0 Å².